The van der Waals surface area contributed by atoms with Crippen molar-refractivity contribution in [3.8, 4) is 5.75 Å². The Morgan fingerprint density at radius 1 is 0.742 bits per heavy atom. The van der Waals surface area contributed by atoms with E-state index in [2.05, 4.69) is 156 Å². The van der Waals surface area contributed by atoms with Crippen LogP contribution in [0.25, 0.3) is 0 Å². The molecule has 3 aromatic rings. The number of likely N-dealkylation sites (N-methyl/N-ethyl adjacent to an activating group) is 1. The number of benzene rings is 3. The van der Waals surface area contributed by atoms with Gasteiger partial charge in [-0.2, -0.15) is 0 Å². The highest BCUT2D eigenvalue weighted by Crippen LogP contribution is 2.59. The molecule has 0 spiro atoms. The third-order valence-corrected chi connectivity index (χ3v) is 11.4. The summed E-state index contributed by atoms with van der Waals surface area (Å²) in [6.07, 6.45) is 1.01. The Balaban J connectivity index is 2.00. The second-order valence-electron chi connectivity index (χ2n) is 7.81. The molecule has 0 fully saturated rings. The van der Waals surface area contributed by atoms with E-state index in [4.69, 9.17) is 4.74 Å². The molecule has 164 valence electrons. The van der Waals surface area contributed by atoms with E-state index in [0.29, 0.717) is 6.61 Å². The largest absolute Gasteiger partial charge is 0.492 e. The predicted molar refractivity (Wildman–Crippen MR) is 149 cm³/mol. The zero-order valence-electron chi connectivity index (χ0n) is 18.5. The van der Waals surface area contributed by atoms with E-state index in [0.717, 1.165) is 25.3 Å². The molecule has 0 aliphatic rings. The number of halogens is 2. The quantitative estimate of drug-likeness (QED) is 0.169. The molecule has 0 radical (unpaired) electrons. The Morgan fingerprint density at radius 2 is 1.26 bits per heavy atom. The molecule has 0 amide bonds. The monoisotopic (exact) mass is 639 g/mol. The number of alkyl halides is 2. The number of ether oxygens (including phenoxy) is 1. The van der Waals surface area contributed by atoms with Crippen molar-refractivity contribution in [1.29, 1.82) is 0 Å². The minimum Gasteiger partial charge on any atom is -0.492 e. The highest BCUT2D eigenvalue weighted by Gasteiger charge is 2.50. The molecule has 2 nitrogen and oxygen atoms in total. The first-order chi connectivity index (χ1) is 15.0. The van der Waals surface area contributed by atoms with E-state index in [1.165, 1.54) is 16.7 Å². The van der Waals surface area contributed by atoms with Crippen molar-refractivity contribution in [2.24, 2.45) is 0 Å². The summed E-state index contributed by atoms with van der Waals surface area (Å²) in [4.78, 5) is 2.26. The lowest BCUT2D eigenvalue weighted by Crippen LogP contribution is -2.40. The Labute approximate surface area is 214 Å². The highest BCUT2D eigenvalue weighted by molar-refractivity contribution is 14.1. The maximum absolute atomic E-state index is 6.00. The first kappa shape index (κ1) is 24.5. The average molecular weight is 639 g/mol. The summed E-state index contributed by atoms with van der Waals surface area (Å²) in [6.45, 7) is 7.11. The summed E-state index contributed by atoms with van der Waals surface area (Å²) in [5.41, 5.74) is 3.95. The summed E-state index contributed by atoms with van der Waals surface area (Å²) in [5.74, 6) is 0.926. The van der Waals surface area contributed by atoms with Crippen LogP contribution < -0.4 is 4.74 Å². The molecule has 0 heterocycles. The van der Waals surface area contributed by atoms with Crippen molar-refractivity contribution in [3.05, 3.63) is 102 Å². The van der Waals surface area contributed by atoms with Gasteiger partial charge < -0.3 is 9.64 Å². The predicted octanol–water partition coefficient (Wildman–Crippen LogP) is 7.44. The van der Waals surface area contributed by atoms with Gasteiger partial charge in [0, 0.05) is 6.54 Å². The van der Waals surface area contributed by atoms with E-state index >= 15 is 0 Å². The zero-order chi connectivity index (χ0) is 22.3. The van der Waals surface area contributed by atoms with Gasteiger partial charge in [-0.1, -0.05) is 132 Å². The fourth-order valence-corrected chi connectivity index (χ4v) is 6.29. The molecule has 0 aliphatic carbocycles. The van der Waals surface area contributed by atoms with Crippen LogP contribution in [-0.2, 0) is 6.84 Å². The summed E-state index contributed by atoms with van der Waals surface area (Å²) in [5, 5.41) is 0. The van der Waals surface area contributed by atoms with Gasteiger partial charge in [0.15, 0.2) is 0 Å². The number of hydrogen-bond donors (Lipinski definition) is 0. The van der Waals surface area contributed by atoms with Gasteiger partial charge >= 0.3 is 0 Å². The minimum atomic E-state index is -0.232. The Morgan fingerprint density at radius 3 is 1.77 bits per heavy atom. The van der Waals surface area contributed by atoms with Gasteiger partial charge in [0.25, 0.3) is 0 Å². The van der Waals surface area contributed by atoms with Gasteiger partial charge in [-0.15, -0.1) is 0 Å². The lowest BCUT2D eigenvalue weighted by Gasteiger charge is -2.44. The van der Waals surface area contributed by atoms with E-state index in [-0.39, 0.29) is 6.84 Å². The summed E-state index contributed by atoms with van der Waals surface area (Å²) in [7, 11) is 2.12. The van der Waals surface area contributed by atoms with E-state index < -0.39 is 0 Å². The molecule has 31 heavy (non-hydrogen) atoms. The molecule has 2 unspecified atom stereocenters. The molecule has 0 saturated heterocycles. The second kappa shape index (κ2) is 11.1. The van der Waals surface area contributed by atoms with Crippen LogP contribution >= 0.6 is 45.2 Å². The molecule has 3 aromatic carbocycles. The molecule has 2 atom stereocenters. The van der Waals surface area contributed by atoms with Crippen molar-refractivity contribution in [2.75, 3.05) is 26.7 Å². The molecular formula is C27H31I2NO. The van der Waals surface area contributed by atoms with Crippen molar-refractivity contribution in [3.63, 3.8) is 0 Å². The molecule has 4 heteroatoms. The van der Waals surface area contributed by atoms with E-state index in [1.54, 1.807) is 0 Å². The molecule has 0 aromatic heterocycles. The van der Waals surface area contributed by atoms with Gasteiger partial charge in [-0.25, -0.2) is 0 Å². The Kier molecular flexibility index (Phi) is 8.82. The van der Waals surface area contributed by atoms with Gasteiger partial charge in [-0.05, 0) is 48.8 Å². The van der Waals surface area contributed by atoms with Gasteiger partial charge in [-0.3, -0.25) is 0 Å². The van der Waals surface area contributed by atoms with Gasteiger partial charge in [0.1, 0.15) is 12.4 Å². The smallest absolute Gasteiger partial charge is 0.119 e. The van der Waals surface area contributed by atoms with Crippen molar-refractivity contribution < 1.29 is 4.74 Å². The van der Waals surface area contributed by atoms with Crippen LogP contribution in [0.15, 0.2) is 84.9 Å². The lowest BCUT2D eigenvalue weighted by molar-refractivity contribution is 0.243. The van der Waals surface area contributed by atoms with Crippen LogP contribution in [-0.4, -0.2) is 31.6 Å². The summed E-state index contributed by atoms with van der Waals surface area (Å²) < 4.78 is 5.66. The minimum absolute atomic E-state index is 0.111. The van der Waals surface area contributed by atoms with E-state index in [9.17, 15) is 0 Å². The highest BCUT2D eigenvalue weighted by atomic mass is 127. The van der Waals surface area contributed by atoms with Crippen molar-refractivity contribution in [2.45, 2.75) is 27.1 Å². The van der Waals surface area contributed by atoms with Crippen LogP contribution in [0.3, 0.4) is 0 Å². The fourth-order valence-electron chi connectivity index (χ4n) is 3.90. The van der Waals surface area contributed by atoms with Crippen LogP contribution in [0.1, 0.15) is 37.0 Å². The number of rotatable bonds is 10. The standard InChI is InChI=1S/C27H31I2NO/c1-4-26(28,22-12-8-6-9-13-22)27(29,23-14-10-7-11-15-23)24-16-18-25(19-17-24)31-21-20-30(3)5-2/h6-19H,4-5,20-21H2,1-3H3. The normalized spacial score (nSPS) is 15.3. The molecule has 0 saturated carbocycles. The second-order valence-corrected chi connectivity index (χ2v) is 11.3. The Bertz CT molecular complexity index is 932. The van der Waals surface area contributed by atoms with Crippen molar-refractivity contribution >= 4 is 45.2 Å². The molecule has 0 aliphatic heterocycles. The average Bonchev–Trinajstić information content (AvgIpc) is 2.84. The SMILES string of the molecule is CCN(C)CCOc1ccc(C(I)(c2ccccc2)C(I)(CC)c2ccccc2)cc1. The van der Waals surface area contributed by atoms with Gasteiger partial charge in [0.2, 0.25) is 0 Å². The molecule has 0 bridgehead atoms. The summed E-state index contributed by atoms with van der Waals surface area (Å²) >= 11 is 5.38. The topological polar surface area (TPSA) is 12.5 Å². The van der Waals surface area contributed by atoms with Crippen LogP contribution in [0.5, 0.6) is 5.75 Å². The maximum Gasteiger partial charge on any atom is 0.119 e. The third-order valence-electron chi connectivity index (χ3n) is 5.97. The summed E-state index contributed by atoms with van der Waals surface area (Å²) in [6, 6.07) is 30.5. The third kappa shape index (κ3) is 5.28. The van der Waals surface area contributed by atoms with Crippen molar-refractivity contribution in [1.82, 2.24) is 4.90 Å². The zero-order valence-corrected chi connectivity index (χ0v) is 22.8. The molecular weight excluding hydrogens is 608 g/mol. The fraction of sp³-hybridized carbons (Fsp3) is 0.333. The van der Waals surface area contributed by atoms with Gasteiger partial charge in [0.05, 0.1) is 6.84 Å². The van der Waals surface area contributed by atoms with Crippen LogP contribution in [0.2, 0.25) is 0 Å². The molecule has 3 rings (SSSR count). The van der Waals surface area contributed by atoms with E-state index in [1.807, 2.05) is 0 Å². The maximum atomic E-state index is 6.00. The Hall–Kier alpha value is -1.12. The molecule has 0 N–H and O–H groups in total. The number of nitrogens with zero attached hydrogens (tertiary/aromatic N) is 1. The first-order valence-corrected chi connectivity index (χ1v) is 13.0. The number of hydrogen-bond acceptors (Lipinski definition) is 2. The first-order valence-electron chi connectivity index (χ1n) is 10.9. The lowest BCUT2D eigenvalue weighted by atomic mass is 9.75. The van der Waals surface area contributed by atoms with Crippen LogP contribution in [0.4, 0.5) is 0 Å². The van der Waals surface area contributed by atoms with Crippen LogP contribution in [0, 0.1) is 0 Å².